The van der Waals surface area contributed by atoms with E-state index in [9.17, 15) is 14.4 Å². The van der Waals surface area contributed by atoms with Gasteiger partial charge in [-0.05, 0) is 24.5 Å². The van der Waals surface area contributed by atoms with Gasteiger partial charge < -0.3 is 19.5 Å². The fourth-order valence-electron chi connectivity index (χ4n) is 2.36. The van der Waals surface area contributed by atoms with Crippen LogP contribution < -0.4 is 5.32 Å². The van der Waals surface area contributed by atoms with Gasteiger partial charge >= 0.3 is 11.8 Å². The summed E-state index contributed by atoms with van der Waals surface area (Å²) in [5.41, 5.74) is 0. The van der Waals surface area contributed by atoms with E-state index in [0.717, 1.165) is 6.42 Å². The molecular weight excluding hydrogens is 298 g/mol. The number of amides is 3. The second-order valence-corrected chi connectivity index (χ2v) is 6.00. The van der Waals surface area contributed by atoms with Crippen molar-refractivity contribution in [1.82, 2.24) is 15.1 Å². The third kappa shape index (κ3) is 4.58. The van der Waals surface area contributed by atoms with Gasteiger partial charge in [-0.25, -0.2) is 0 Å². The second kappa shape index (κ2) is 7.80. The normalized spacial score (nSPS) is 14.9. The van der Waals surface area contributed by atoms with Crippen LogP contribution in [0.25, 0.3) is 0 Å². The summed E-state index contributed by atoms with van der Waals surface area (Å²) in [6.45, 7) is 6.10. The Morgan fingerprint density at radius 1 is 1.17 bits per heavy atom. The molecule has 0 radical (unpaired) electrons. The third-order valence-corrected chi connectivity index (χ3v) is 3.79. The van der Waals surface area contributed by atoms with Crippen molar-refractivity contribution in [2.45, 2.75) is 20.3 Å². The molecule has 1 N–H and O–H groups in total. The highest BCUT2D eigenvalue weighted by atomic mass is 16.3. The molecule has 0 unspecified atom stereocenters. The average Bonchev–Trinajstić information content (AvgIpc) is 3.07. The summed E-state index contributed by atoms with van der Waals surface area (Å²) in [5, 5.41) is 2.64. The number of carbonyl (C=O) groups is 3. The predicted octanol–water partition coefficient (Wildman–Crippen LogP) is 0.726. The van der Waals surface area contributed by atoms with E-state index in [1.165, 1.54) is 11.2 Å². The first kappa shape index (κ1) is 17.1. The SMILES string of the molecule is CC(C)CCNC(=O)C(=O)N1CCN(C(=O)c2ccco2)CC1. The Bertz CT molecular complexity index is 546. The van der Waals surface area contributed by atoms with E-state index < -0.39 is 11.8 Å². The molecule has 23 heavy (non-hydrogen) atoms. The van der Waals surface area contributed by atoms with Crippen molar-refractivity contribution in [3.8, 4) is 0 Å². The summed E-state index contributed by atoms with van der Waals surface area (Å²) in [7, 11) is 0. The number of hydrogen-bond donors (Lipinski definition) is 1. The Morgan fingerprint density at radius 2 is 1.83 bits per heavy atom. The topological polar surface area (TPSA) is 82.9 Å². The Balaban J connectivity index is 1.78. The molecule has 126 valence electrons. The lowest BCUT2D eigenvalue weighted by Crippen LogP contribution is -2.53. The number of furan rings is 1. The fraction of sp³-hybridized carbons (Fsp3) is 0.562. The Hall–Kier alpha value is -2.31. The van der Waals surface area contributed by atoms with E-state index in [-0.39, 0.29) is 11.7 Å². The quantitative estimate of drug-likeness (QED) is 0.829. The zero-order valence-electron chi connectivity index (χ0n) is 13.6. The van der Waals surface area contributed by atoms with E-state index in [1.807, 2.05) is 0 Å². The summed E-state index contributed by atoms with van der Waals surface area (Å²) in [5.74, 6) is -0.531. The number of nitrogens with one attached hydrogen (secondary N) is 1. The molecule has 0 saturated carbocycles. The van der Waals surface area contributed by atoms with Crippen molar-refractivity contribution in [3.63, 3.8) is 0 Å². The molecule has 2 rings (SSSR count). The van der Waals surface area contributed by atoms with E-state index >= 15 is 0 Å². The van der Waals surface area contributed by atoms with Gasteiger partial charge in [0.25, 0.3) is 5.91 Å². The molecule has 1 fully saturated rings. The van der Waals surface area contributed by atoms with Gasteiger partial charge in [0.15, 0.2) is 5.76 Å². The minimum Gasteiger partial charge on any atom is -0.459 e. The molecule has 1 aromatic rings. The van der Waals surface area contributed by atoms with Gasteiger partial charge in [-0.15, -0.1) is 0 Å². The Kier molecular flexibility index (Phi) is 5.78. The molecule has 1 aromatic heterocycles. The molecule has 3 amide bonds. The molecule has 1 aliphatic rings. The largest absolute Gasteiger partial charge is 0.459 e. The summed E-state index contributed by atoms with van der Waals surface area (Å²) in [6.07, 6.45) is 2.29. The van der Waals surface area contributed by atoms with Gasteiger partial charge in [-0.2, -0.15) is 0 Å². The number of nitrogens with zero attached hydrogens (tertiary/aromatic N) is 2. The zero-order valence-corrected chi connectivity index (χ0v) is 13.6. The zero-order chi connectivity index (χ0) is 16.8. The maximum Gasteiger partial charge on any atom is 0.312 e. The molecule has 2 heterocycles. The van der Waals surface area contributed by atoms with Crippen LogP contribution in [0.3, 0.4) is 0 Å². The van der Waals surface area contributed by atoms with E-state index in [0.29, 0.717) is 38.6 Å². The molecule has 1 saturated heterocycles. The van der Waals surface area contributed by atoms with Gasteiger partial charge in [0, 0.05) is 32.7 Å². The lowest BCUT2D eigenvalue weighted by atomic mass is 10.1. The summed E-state index contributed by atoms with van der Waals surface area (Å²) in [6, 6.07) is 3.27. The molecule has 1 aliphatic heterocycles. The number of carbonyl (C=O) groups excluding carboxylic acids is 3. The fourth-order valence-corrected chi connectivity index (χ4v) is 2.36. The van der Waals surface area contributed by atoms with E-state index in [4.69, 9.17) is 4.42 Å². The van der Waals surface area contributed by atoms with Crippen molar-refractivity contribution in [1.29, 1.82) is 0 Å². The number of rotatable bonds is 4. The summed E-state index contributed by atoms with van der Waals surface area (Å²) < 4.78 is 5.09. The van der Waals surface area contributed by atoms with Gasteiger partial charge in [0.2, 0.25) is 0 Å². The lowest BCUT2D eigenvalue weighted by Gasteiger charge is -2.33. The van der Waals surface area contributed by atoms with Crippen LogP contribution >= 0.6 is 0 Å². The van der Waals surface area contributed by atoms with Gasteiger partial charge in [0.05, 0.1) is 6.26 Å². The minimum absolute atomic E-state index is 0.191. The summed E-state index contributed by atoms with van der Waals surface area (Å²) in [4.78, 5) is 39.1. The van der Waals surface area contributed by atoms with Crippen molar-refractivity contribution in [3.05, 3.63) is 24.2 Å². The lowest BCUT2D eigenvalue weighted by molar-refractivity contribution is -0.146. The monoisotopic (exact) mass is 321 g/mol. The highest BCUT2D eigenvalue weighted by Gasteiger charge is 2.28. The molecule has 7 heteroatoms. The Morgan fingerprint density at radius 3 is 2.39 bits per heavy atom. The molecular formula is C16H23N3O4. The number of hydrogen-bond acceptors (Lipinski definition) is 4. The average molecular weight is 321 g/mol. The van der Waals surface area contributed by atoms with Crippen LogP contribution in [0.15, 0.2) is 22.8 Å². The van der Waals surface area contributed by atoms with E-state index in [1.54, 1.807) is 17.0 Å². The first-order valence-corrected chi connectivity index (χ1v) is 7.89. The van der Waals surface area contributed by atoms with Crippen molar-refractivity contribution >= 4 is 17.7 Å². The first-order valence-electron chi connectivity index (χ1n) is 7.89. The second-order valence-electron chi connectivity index (χ2n) is 6.00. The van der Waals surface area contributed by atoms with Crippen LogP contribution in [0, 0.1) is 5.92 Å². The van der Waals surface area contributed by atoms with Crippen LogP contribution in [-0.2, 0) is 9.59 Å². The van der Waals surface area contributed by atoms with Crippen molar-refractivity contribution in [2.24, 2.45) is 5.92 Å². The van der Waals surface area contributed by atoms with E-state index in [2.05, 4.69) is 19.2 Å². The van der Waals surface area contributed by atoms with Crippen LogP contribution in [0.4, 0.5) is 0 Å². The first-order chi connectivity index (χ1) is 11.0. The van der Waals surface area contributed by atoms with Crippen molar-refractivity contribution < 1.29 is 18.8 Å². The van der Waals surface area contributed by atoms with Gasteiger partial charge in [0.1, 0.15) is 0 Å². The van der Waals surface area contributed by atoms with Gasteiger partial charge in [-0.1, -0.05) is 13.8 Å². The van der Waals surface area contributed by atoms with Crippen LogP contribution in [0.1, 0.15) is 30.8 Å². The molecule has 0 atom stereocenters. The smallest absolute Gasteiger partial charge is 0.312 e. The molecule has 0 aromatic carbocycles. The third-order valence-electron chi connectivity index (χ3n) is 3.79. The minimum atomic E-state index is -0.573. The van der Waals surface area contributed by atoms with Crippen LogP contribution in [-0.4, -0.2) is 60.2 Å². The molecule has 7 nitrogen and oxygen atoms in total. The molecule has 0 spiro atoms. The maximum absolute atomic E-state index is 12.1. The molecule has 0 bridgehead atoms. The Labute approximate surface area is 135 Å². The maximum atomic E-state index is 12.1. The standard InChI is InChI=1S/C16H23N3O4/c1-12(2)5-6-17-14(20)16(22)19-9-7-18(8-10-19)15(21)13-4-3-11-23-13/h3-4,11-12H,5-10H2,1-2H3,(H,17,20). The summed E-state index contributed by atoms with van der Waals surface area (Å²) >= 11 is 0. The van der Waals surface area contributed by atoms with Gasteiger partial charge in [-0.3, -0.25) is 14.4 Å². The van der Waals surface area contributed by atoms with Crippen molar-refractivity contribution in [2.75, 3.05) is 32.7 Å². The highest BCUT2D eigenvalue weighted by molar-refractivity contribution is 6.35. The highest BCUT2D eigenvalue weighted by Crippen LogP contribution is 2.09. The predicted molar refractivity (Wildman–Crippen MR) is 83.7 cm³/mol. The van der Waals surface area contributed by atoms with Crippen LogP contribution in [0.5, 0.6) is 0 Å². The number of piperazine rings is 1. The molecule has 0 aliphatic carbocycles. The van der Waals surface area contributed by atoms with Crippen LogP contribution in [0.2, 0.25) is 0 Å².